The number of carbonyl (C=O) groups is 3. The number of rotatable bonds is 7. The lowest BCUT2D eigenvalue weighted by Gasteiger charge is -2.17. The summed E-state index contributed by atoms with van der Waals surface area (Å²) in [5, 5.41) is 21.9. The van der Waals surface area contributed by atoms with Crippen LogP contribution in [0, 0.1) is 0 Å². The molecule has 0 aromatic heterocycles. The summed E-state index contributed by atoms with van der Waals surface area (Å²) in [6, 6.07) is 10.7. The Kier molecular flexibility index (Phi) is 5.63. The number of phenols is 1. The Bertz CT molecular complexity index is 908. The fourth-order valence-electron chi connectivity index (χ4n) is 3.21. The summed E-state index contributed by atoms with van der Waals surface area (Å²) in [5.74, 6) is -2.64. The van der Waals surface area contributed by atoms with E-state index in [2.05, 4.69) is 12.2 Å². The van der Waals surface area contributed by atoms with Crippen molar-refractivity contribution in [2.45, 2.75) is 38.6 Å². The average molecular weight is 382 g/mol. The first-order chi connectivity index (χ1) is 13.4. The van der Waals surface area contributed by atoms with E-state index >= 15 is 0 Å². The quantitative estimate of drug-likeness (QED) is 0.635. The summed E-state index contributed by atoms with van der Waals surface area (Å²) in [6.45, 7) is 2.14. The second-order valence-electron chi connectivity index (χ2n) is 6.78. The van der Waals surface area contributed by atoms with Crippen LogP contribution in [0.2, 0.25) is 0 Å². The van der Waals surface area contributed by atoms with Gasteiger partial charge in [0.2, 0.25) is 5.91 Å². The minimum atomic E-state index is -1.29. The van der Waals surface area contributed by atoms with E-state index in [1.54, 1.807) is 0 Å². The fourth-order valence-corrected chi connectivity index (χ4v) is 3.21. The molecule has 1 fully saturated rings. The zero-order valence-electron chi connectivity index (χ0n) is 15.5. The van der Waals surface area contributed by atoms with Gasteiger partial charge in [0.25, 0.3) is 5.91 Å². The maximum absolute atomic E-state index is 12.7. The number of amides is 2. The van der Waals surface area contributed by atoms with Crippen LogP contribution in [0.25, 0.3) is 0 Å². The van der Waals surface area contributed by atoms with Gasteiger partial charge in [-0.15, -0.1) is 0 Å². The lowest BCUT2D eigenvalue weighted by atomic mass is 10.1. The molecule has 2 aromatic carbocycles. The van der Waals surface area contributed by atoms with Crippen molar-refractivity contribution in [2.24, 2.45) is 0 Å². The second kappa shape index (κ2) is 8.12. The maximum atomic E-state index is 12.7. The standard InChI is InChI=1S/C21H22N2O5/c1-2-3-4-13-5-7-14(8-6-13)22-17-12-19(25)23(20(17)26)15-9-10-16(21(27)28)18(24)11-15/h5-11,17,22,24H,2-4,12H2,1H3,(H,27,28). The topological polar surface area (TPSA) is 107 Å². The van der Waals surface area contributed by atoms with Crippen LogP contribution in [0.15, 0.2) is 42.5 Å². The van der Waals surface area contributed by atoms with Gasteiger partial charge in [0, 0.05) is 11.8 Å². The van der Waals surface area contributed by atoms with Gasteiger partial charge >= 0.3 is 5.97 Å². The van der Waals surface area contributed by atoms with Crippen LogP contribution < -0.4 is 10.2 Å². The summed E-state index contributed by atoms with van der Waals surface area (Å²) in [5.41, 5.74) is 1.83. The number of hydrogen-bond donors (Lipinski definition) is 3. The maximum Gasteiger partial charge on any atom is 0.339 e. The normalized spacial score (nSPS) is 16.5. The van der Waals surface area contributed by atoms with Crippen molar-refractivity contribution in [1.29, 1.82) is 0 Å². The largest absolute Gasteiger partial charge is 0.507 e. The summed E-state index contributed by atoms with van der Waals surface area (Å²) in [7, 11) is 0. The number of nitrogens with one attached hydrogen (secondary N) is 1. The molecular formula is C21H22N2O5. The first-order valence-corrected chi connectivity index (χ1v) is 9.19. The number of imide groups is 1. The number of carboxylic acids is 1. The highest BCUT2D eigenvalue weighted by atomic mass is 16.4. The lowest BCUT2D eigenvalue weighted by Crippen LogP contribution is -2.34. The molecule has 1 aliphatic rings. The highest BCUT2D eigenvalue weighted by Crippen LogP contribution is 2.29. The number of nitrogens with zero attached hydrogens (tertiary/aromatic N) is 1. The molecule has 146 valence electrons. The van der Waals surface area contributed by atoms with Crippen molar-refractivity contribution < 1.29 is 24.6 Å². The number of hydrogen-bond acceptors (Lipinski definition) is 5. The highest BCUT2D eigenvalue weighted by molar-refractivity contribution is 6.23. The number of benzene rings is 2. The van der Waals surface area contributed by atoms with Crippen LogP contribution in [0.3, 0.4) is 0 Å². The monoisotopic (exact) mass is 382 g/mol. The minimum absolute atomic E-state index is 0.0160. The van der Waals surface area contributed by atoms with E-state index in [0.29, 0.717) is 0 Å². The summed E-state index contributed by atoms with van der Waals surface area (Å²) in [4.78, 5) is 37.0. The van der Waals surface area contributed by atoms with E-state index in [4.69, 9.17) is 5.11 Å². The molecule has 28 heavy (non-hydrogen) atoms. The van der Waals surface area contributed by atoms with Gasteiger partial charge in [0.15, 0.2) is 0 Å². The second-order valence-corrected chi connectivity index (χ2v) is 6.78. The van der Waals surface area contributed by atoms with Crippen molar-refractivity contribution in [3.63, 3.8) is 0 Å². The lowest BCUT2D eigenvalue weighted by molar-refractivity contribution is -0.121. The third kappa shape index (κ3) is 3.98. The Morgan fingerprint density at radius 3 is 2.50 bits per heavy atom. The SMILES string of the molecule is CCCCc1ccc(NC2CC(=O)N(c3ccc(C(=O)O)c(O)c3)C2=O)cc1. The molecule has 0 bridgehead atoms. The van der Waals surface area contributed by atoms with Crippen LogP contribution in [-0.4, -0.2) is 34.0 Å². The molecule has 1 unspecified atom stereocenters. The molecule has 0 saturated carbocycles. The molecule has 2 amide bonds. The van der Waals surface area contributed by atoms with Crippen molar-refractivity contribution in [1.82, 2.24) is 0 Å². The number of anilines is 2. The van der Waals surface area contributed by atoms with Crippen LogP contribution >= 0.6 is 0 Å². The molecule has 1 saturated heterocycles. The van der Waals surface area contributed by atoms with E-state index in [1.807, 2.05) is 24.3 Å². The van der Waals surface area contributed by atoms with E-state index in [0.717, 1.165) is 35.9 Å². The first-order valence-electron chi connectivity index (χ1n) is 9.19. The van der Waals surface area contributed by atoms with E-state index in [-0.39, 0.29) is 17.7 Å². The van der Waals surface area contributed by atoms with E-state index in [1.165, 1.54) is 17.7 Å². The number of aryl methyl sites for hydroxylation is 1. The summed E-state index contributed by atoms with van der Waals surface area (Å²) in [6.07, 6.45) is 3.22. The molecular weight excluding hydrogens is 360 g/mol. The molecule has 7 nitrogen and oxygen atoms in total. The minimum Gasteiger partial charge on any atom is -0.507 e. The van der Waals surface area contributed by atoms with Gasteiger partial charge in [0.05, 0.1) is 12.1 Å². The Labute approximate surface area is 162 Å². The van der Waals surface area contributed by atoms with Gasteiger partial charge in [-0.3, -0.25) is 9.59 Å². The molecule has 0 aliphatic carbocycles. The fraction of sp³-hybridized carbons (Fsp3) is 0.286. The Morgan fingerprint density at radius 1 is 1.18 bits per heavy atom. The Balaban J connectivity index is 1.73. The van der Waals surface area contributed by atoms with Crippen LogP contribution in [-0.2, 0) is 16.0 Å². The molecule has 3 rings (SSSR count). The predicted octanol–water partition coefficient (Wildman–Crippen LogP) is 3.18. The third-order valence-corrected chi connectivity index (χ3v) is 4.73. The van der Waals surface area contributed by atoms with Crippen molar-refractivity contribution in [3.05, 3.63) is 53.6 Å². The van der Waals surface area contributed by atoms with Gasteiger partial charge in [-0.25, -0.2) is 9.69 Å². The van der Waals surface area contributed by atoms with Crippen molar-refractivity contribution >= 4 is 29.2 Å². The molecule has 3 N–H and O–H groups in total. The molecule has 0 spiro atoms. The Hall–Kier alpha value is -3.35. The predicted molar refractivity (Wildman–Crippen MR) is 105 cm³/mol. The zero-order chi connectivity index (χ0) is 20.3. The van der Waals surface area contributed by atoms with Crippen LogP contribution in [0.5, 0.6) is 5.75 Å². The number of carboxylic acid groups (broad SMARTS) is 1. The molecule has 1 heterocycles. The zero-order valence-corrected chi connectivity index (χ0v) is 15.5. The summed E-state index contributed by atoms with van der Waals surface area (Å²) < 4.78 is 0. The van der Waals surface area contributed by atoms with E-state index < -0.39 is 29.6 Å². The number of carbonyl (C=O) groups excluding carboxylic acids is 2. The van der Waals surface area contributed by atoms with Crippen molar-refractivity contribution in [3.8, 4) is 5.75 Å². The van der Waals surface area contributed by atoms with E-state index in [9.17, 15) is 19.5 Å². The van der Waals surface area contributed by atoms with Gasteiger partial charge in [-0.1, -0.05) is 25.5 Å². The van der Waals surface area contributed by atoms with Crippen LogP contribution in [0.4, 0.5) is 11.4 Å². The molecule has 1 aliphatic heterocycles. The number of unbranched alkanes of at least 4 members (excludes halogenated alkanes) is 1. The Morgan fingerprint density at radius 2 is 1.89 bits per heavy atom. The number of aromatic hydroxyl groups is 1. The van der Waals surface area contributed by atoms with Crippen molar-refractivity contribution in [2.75, 3.05) is 10.2 Å². The van der Waals surface area contributed by atoms with Gasteiger partial charge < -0.3 is 15.5 Å². The third-order valence-electron chi connectivity index (χ3n) is 4.73. The molecule has 0 radical (unpaired) electrons. The summed E-state index contributed by atoms with van der Waals surface area (Å²) >= 11 is 0. The number of aromatic carboxylic acids is 1. The first kappa shape index (κ1) is 19.4. The molecule has 2 aromatic rings. The van der Waals surface area contributed by atoms with Gasteiger partial charge in [-0.05, 0) is 42.7 Å². The smallest absolute Gasteiger partial charge is 0.339 e. The average Bonchev–Trinajstić information content (AvgIpc) is 2.94. The molecule has 7 heteroatoms. The van der Waals surface area contributed by atoms with Crippen LogP contribution in [0.1, 0.15) is 42.1 Å². The molecule has 1 atom stereocenters. The highest BCUT2D eigenvalue weighted by Gasteiger charge is 2.39. The van der Waals surface area contributed by atoms with Gasteiger partial charge in [-0.2, -0.15) is 0 Å². The van der Waals surface area contributed by atoms with Gasteiger partial charge in [0.1, 0.15) is 17.4 Å².